The quantitative estimate of drug-likeness (QED) is 0.813. The molecule has 0 radical (unpaired) electrons. The highest BCUT2D eigenvalue weighted by atomic mass is 32.2. The molecule has 2 aliphatic rings. The van der Waals surface area contributed by atoms with Crippen LogP contribution in [-0.4, -0.2) is 50.0 Å². The highest BCUT2D eigenvalue weighted by Crippen LogP contribution is 2.33. The van der Waals surface area contributed by atoms with Gasteiger partial charge in [-0.05, 0) is 30.2 Å². The van der Waals surface area contributed by atoms with E-state index in [4.69, 9.17) is 0 Å². The summed E-state index contributed by atoms with van der Waals surface area (Å²) in [5.74, 6) is -1.18. The van der Waals surface area contributed by atoms with E-state index in [1.165, 1.54) is 11.0 Å². The molecule has 2 aliphatic heterocycles. The van der Waals surface area contributed by atoms with Crippen LogP contribution in [0.15, 0.2) is 42.5 Å². The Morgan fingerprint density at radius 1 is 1.14 bits per heavy atom. The first kappa shape index (κ1) is 18.6. The van der Waals surface area contributed by atoms with E-state index in [0.717, 1.165) is 6.26 Å². The Hall–Kier alpha value is -2.78. The summed E-state index contributed by atoms with van der Waals surface area (Å²) in [6.07, 6.45) is 1.23. The van der Waals surface area contributed by atoms with Gasteiger partial charge in [0, 0.05) is 18.2 Å². The van der Waals surface area contributed by atoms with Gasteiger partial charge in [0.15, 0.2) is 0 Å². The fourth-order valence-corrected chi connectivity index (χ4v) is 4.54. The molecule has 2 unspecified atom stereocenters. The van der Waals surface area contributed by atoms with Gasteiger partial charge in [0.25, 0.3) is 5.91 Å². The molecule has 2 atom stereocenters. The zero-order valence-electron chi connectivity index (χ0n) is 15.0. The maximum atomic E-state index is 14.1. The van der Waals surface area contributed by atoms with Gasteiger partial charge >= 0.3 is 0 Å². The van der Waals surface area contributed by atoms with Gasteiger partial charge in [-0.25, -0.2) is 17.5 Å². The lowest BCUT2D eigenvalue weighted by atomic mass is 10.0. The van der Waals surface area contributed by atoms with Crippen LogP contribution < -0.4 is 10.0 Å². The molecule has 2 heterocycles. The van der Waals surface area contributed by atoms with Crippen molar-refractivity contribution in [2.24, 2.45) is 0 Å². The number of hydrogen-bond acceptors (Lipinski definition) is 4. The summed E-state index contributed by atoms with van der Waals surface area (Å²) in [7, 11) is -3.46. The lowest BCUT2D eigenvalue weighted by Gasteiger charge is -2.20. The van der Waals surface area contributed by atoms with Crippen LogP contribution in [0.25, 0.3) is 11.1 Å². The first-order valence-corrected chi connectivity index (χ1v) is 10.6. The molecule has 0 aromatic heterocycles. The van der Waals surface area contributed by atoms with E-state index in [2.05, 4.69) is 10.0 Å². The topological polar surface area (TPSA) is 95.6 Å². The second kappa shape index (κ2) is 6.68. The van der Waals surface area contributed by atoms with Crippen molar-refractivity contribution >= 4 is 27.5 Å². The number of rotatable bonds is 3. The van der Waals surface area contributed by atoms with Crippen molar-refractivity contribution in [1.82, 2.24) is 9.62 Å². The molecule has 2 amide bonds. The average molecular weight is 403 g/mol. The number of hydrogen-bond donors (Lipinski definition) is 2. The number of nitrogens with one attached hydrogen (secondary N) is 2. The van der Waals surface area contributed by atoms with E-state index in [9.17, 15) is 22.4 Å². The van der Waals surface area contributed by atoms with Gasteiger partial charge in [-0.3, -0.25) is 9.59 Å². The summed E-state index contributed by atoms with van der Waals surface area (Å²) in [6.45, 7) is 0.0906. The summed E-state index contributed by atoms with van der Waals surface area (Å²) >= 11 is 0. The SMILES string of the molecule is CS(=O)(=O)NC1CC2C(=O)Nc3ccc(-c4ccccc4F)cc3C(=O)N2C1. The van der Waals surface area contributed by atoms with Crippen molar-refractivity contribution in [2.75, 3.05) is 18.1 Å². The van der Waals surface area contributed by atoms with Crippen molar-refractivity contribution in [3.8, 4) is 11.1 Å². The van der Waals surface area contributed by atoms with Crippen LogP contribution >= 0.6 is 0 Å². The van der Waals surface area contributed by atoms with E-state index in [-0.39, 0.29) is 24.4 Å². The largest absolute Gasteiger partial charge is 0.325 e. The van der Waals surface area contributed by atoms with Crippen molar-refractivity contribution in [3.63, 3.8) is 0 Å². The summed E-state index contributed by atoms with van der Waals surface area (Å²) in [4.78, 5) is 27.1. The minimum absolute atomic E-state index is 0.0906. The molecule has 2 N–H and O–H groups in total. The Morgan fingerprint density at radius 3 is 2.61 bits per heavy atom. The van der Waals surface area contributed by atoms with Gasteiger partial charge in [0.05, 0.1) is 17.5 Å². The molecular formula is C19H18FN3O4S. The van der Waals surface area contributed by atoms with E-state index in [1.807, 2.05) is 0 Å². The Morgan fingerprint density at radius 2 is 1.89 bits per heavy atom. The first-order valence-electron chi connectivity index (χ1n) is 8.71. The lowest BCUT2D eigenvalue weighted by Crippen LogP contribution is -2.41. The smallest absolute Gasteiger partial charge is 0.256 e. The predicted molar refractivity (Wildman–Crippen MR) is 102 cm³/mol. The van der Waals surface area contributed by atoms with Crippen molar-refractivity contribution in [3.05, 3.63) is 53.8 Å². The Bertz CT molecular complexity index is 1090. The van der Waals surface area contributed by atoms with Gasteiger partial charge in [0.2, 0.25) is 15.9 Å². The van der Waals surface area contributed by atoms with Crippen LogP contribution in [0, 0.1) is 5.82 Å². The molecule has 7 nitrogen and oxygen atoms in total. The van der Waals surface area contributed by atoms with Gasteiger partial charge < -0.3 is 10.2 Å². The van der Waals surface area contributed by atoms with Crippen LogP contribution in [0.3, 0.4) is 0 Å². The Kier molecular flexibility index (Phi) is 4.43. The molecule has 28 heavy (non-hydrogen) atoms. The zero-order valence-corrected chi connectivity index (χ0v) is 15.8. The number of anilines is 1. The zero-order chi connectivity index (χ0) is 20.1. The molecule has 9 heteroatoms. The Labute approximate surface area is 161 Å². The second-order valence-corrected chi connectivity index (χ2v) is 8.81. The number of benzene rings is 2. The van der Waals surface area contributed by atoms with Gasteiger partial charge in [-0.1, -0.05) is 24.3 Å². The number of amides is 2. The molecule has 1 saturated heterocycles. The third-order valence-corrected chi connectivity index (χ3v) is 5.70. The van der Waals surface area contributed by atoms with E-state index >= 15 is 0 Å². The predicted octanol–water partition coefficient (Wildman–Crippen LogP) is 1.58. The first-order chi connectivity index (χ1) is 13.2. The monoisotopic (exact) mass is 403 g/mol. The molecular weight excluding hydrogens is 385 g/mol. The maximum Gasteiger partial charge on any atom is 0.256 e. The van der Waals surface area contributed by atoms with Gasteiger partial charge in [-0.2, -0.15) is 0 Å². The van der Waals surface area contributed by atoms with E-state index in [0.29, 0.717) is 16.8 Å². The minimum atomic E-state index is -3.46. The molecule has 0 saturated carbocycles. The van der Waals surface area contributed by atoms with Crippen molar-refractivity contribution in [1.29, 1.82) is 0 Å². The van der Waals surface area contributed by atoms with E-state index < -0.39 is 33.8 Å². The number of carbonyl (C=O) groups is 2. The average Bonchev–Trinajstić information content (AvgIpc) is 3.00. The van der Waals surface area contributed by atoms with Crippen LogP contribution in [0.5, 0.6) is 0 Å². The number of fused-ring (bicyclic) bond motifs is 2. The third-order valence-electron chi connectivity index (χ3n) is 4.94. The van der Waals surface area contributed by atoms with Crippen LogP contribution in [-0.2, 0) is 14.8 Å². The molecule has 1 fully saturated rings. The van der Waals surface area contributed by atoms with Gasteiger partial charge in [-0.15, -0.1) is 0 Å². The molecule has 2 aromatic rings. The molecule has 0 aliphatic carbocycles. The fourth-order valence-electron chi connectivity index (χ4n) is 3.76. The number of carbonyl (C=O) groups excluding carboxylic acids is 2. The molecule has 146 valence electrons. The normalized spacial score (nSPS) is 21.7. The number of sulfonamides is 1. The summed E-state index contributed by atoms with van der Waals surface area (Å²) in [5.41, 5.74) is 1.47. The minimum Gasteiger partial charge on any atom is -0.325 e. The van der Waals surface area contributed by atoms with Gasteiger partial charge in [0.1, 0.15) is 11.9 Å². The fraction of sp³-hybridized carbons (Fsp3) is 0.263. The molecule has 4 rings (SSSR count). The molecule has 2 aromatic carbocycles. The second-order valence-electron chi connectivity index (χ2n) is 7.03. The van der Waals surface area contributed by atoms with Crippen LogP contribution in [0.1, 0.15) is 16.8 Å². The number of nitrogens with zero attached hydrogens (tertiary/aromatic N) is 1. The Balaban J connectivity index is 1.71. The van der Waals surface area contributed by atoms with Crippen LogP contribution in [0.2, 0.25) is 0 Å². The van der Waals surface area contributed by atoms with E-state index in [1.54, 1.807) is 36.4 Å². The summed E-state index contributed by atoms with van der Waals surface area (Å²) in [5, 5.41) is 2.73. The number of halogens is 1. The highest BCUT2D eigenvalue weighted by molar-refractivity contribution is 7.88. The summed E-state index contributed by atoms with van der Waals surface area (Å²) < 4.78 is 39.6. The lowest BCUT2D eigenvalue weighted by molar-refractivity contribution is -0.119. The van der Waals surface area contributed by atoms with Crippen molar-refractivity contribution in [2.45, 2.75) is 18.5 Å². The third kappa shape index (κ3) is 3.38. The van der Waals surface area contributed by atoms with Crippen molar-refractivity contribution < 1.29 is 22.4 Å². The molecule has 0 bridgehead atoms. The van der Waals surface area contributed by atoms with Crippen LogP contribution in [0.4, 0.5) is 10.1 Å². The standard InChI is InChI=1S/C19H18FN3O4S/c1-28(26,27)22-12-9-17-18(24)21-16-7-6-11(13-4-2-3-5-15(13)20)8-14(16)19(25)23(17)10-12/h2-8,12,17,22H,9-10H2,1H3,(H,21,24). The molecule has 0 spiro atoms. The maximum absolute atomic E-state index is 14.1. The summed E-state index contributed by atoms with van der Waals surface area (Å²) in [6, 6.07) is 9.71. The highest BCUT2D eigenvalue weighted by Gasteiger charge is 2.43.